The van der Waals surface area contributed by atoms with E-state index in [4.69, 9.17) is 9.72 Å². The molecule has 4 heterocycles. The van der Waals surface area contributed by atoms with Crippen LogP contribution in [0.1, 0.15) is 11.1 Å². The number of pyridine rings is 1. The Morgan fingerprint density at radius 3 is 2.81 bits per heavy atom. The van der Waals surface area contributed by atoms with Gasteiger partial charge in [-0.2, -0.15) is 10.1 Å². The predicted molar refractivity (Wildman–Crippen MR) is 122 cm³/mol. The number of nitrogens with zero attached hydrogens (tertiary/aromatic N) is 6. The molecule has 0 unspecified atom stereocenters. The second kappa shape index (κ2) is 8.53. The first-order valence-corrected chi connectivity index (χ1v) is 10.3. The highest BCUT2D eigenvalue weighted by Gasteiger charge is 2.19. The second-order valence-corrected chi connectivity index (χ2v) is 7.44. The molecule has 1 saturated heterocycles. The van der Waals surface area contributed by atoms with Crippen molar-refractivity contribution >= 4 is 23.5 Å². The predicted octanol–water partition coefficient (Wildman–Crippen LogP) is 3.38. The van der Waals surface area contributed by atoms with E-state index in [9.17, 15) is 0 Å². The molecule has 1 aromatic carbocycles. The lowest BCUT2D eigenvalue weighted by Crippen LogP contribution is -2.37. The van der Waals surface area contributed by atoms with Crippen molar-refractivity contribution in [2.75, 3.05) is 36.6 Å². The maximum Gasteiger partial charge on any atom is 0.263 e. The normalized spacial score (nSPS) is 14.4. The average Bonchev–Trinajstić information content (AvgIpc) is 3.24. The summed E-state index contributed by atoms with van der Waals surface area (Å²) in [5.74, 6) is 1.30. The first kappa shape index (κ1) is 19.2. The van der Waals surface area contributed by atoms with Crippen molar-refractivity contribution in [2.45, 2.75) is 6.92 Å². The average molecular weight is 413 g/mol. The van der Waals surface area contributed by atoms with Crippen LogP contribution in [0.4, 0.5) is 11.8 Å². The van der Waals surface area contributed by atoms with Crippen molar-refractivity contribution < 1.29 is 4.74 Å². The maximum atomic E-state index is 5.52. The van der Waals surface area contributed by atoms with Gasteiger partial charge in [0, 0.05) is 42.8 Å². The fourth-order valence-electron chi connectivity index (χ4n) is 3.65. The van der Waals surface area contributed by atoms with Crippen LogP contribution in [0.25, 0.3) is 16.6 Å². The molecule has 0 atom stereocenters. The Morgan fingerprint density at radius 2 is 2.00 bits per heavy atom. The van der Waals surface area contributed by atoms with Gasteiger partial charge in [-0.25, -0.2) is 9.94 Å². The zero-order valence-electron chi connectivity index (χ0n) is 17.3. The third-order valence-corrected chi connectivity index (χ3v) is 5.17. The van der Waals surface area contributed by atoms with Crippen molar-refractivity contribution in [3.05, 3.63) is 72.2 Å². The minimum absolute atomic E-state index is 0.436. The molecule has 1 fully saturated rings. The third-order valence-electron chi connectivity index (χ3n) is 5.17. The molecule has 8 nitrogen and oxygen atoms in total. The van der Waals surface area contributed by atoms with E-state index in [0.29, 0.717) is 19.2 Å². The molecule has 5 rings (SSSR count). The van der Waals surface area contributed by atoms with Crippen molar-refractivity contribution in [1.82, 2.24) is 19.6 Å². The van der Waals surface area contributed by atoms with Crippen LogP contribution in [0.15, 0.2) is 66.2 Å². The summed E-state index contributed by atoms with van der Waals surface area (Å²) < 4.78 is 7.37. The van der Waals surface area contributed by atoms with Crippen LogP contribution >= 0.6 is 0 Å². The Labute approximate surface area is 180 Å². The summed E-state index contributed by atoms with van der Waals surface area (Å²) in [7, 11) is 0. The van der Waals surface area contributed by atoms with Gasteiger partial charge >= 0.3 is 0 Å². The van der Waals surface area contributed by atoms with Gasteiger partial charge in [-0.1, -0.05) is 35.9 Å². The van der Waals surface area contributed by atoms with E-state index in [2.05, 4.69) is 50.6 Å². The number of aryl methyl sites for hydroxylation is 1. The summed E-state index contributed by atoms with van der Waals surface area (Å²) >= 11 is 0. The molecule has 0 saturated carbocycles. The molecule has 0 spiro atoms. The number of anilines is 2. The molecule has 4 aromatic rings. The van der Waals surface area contributed by atoms with Gasteiger partial charge in [-0.05, 0) is 24.6 Å². The standard InChI is InChI=1S/C23H23N7O/c1-17-4-2-5-18(12-17)14-25-27-23-26-22(29-8-10-31-11-9-29)21-13-20(16-30(21)28-23)19-6-3-7-24-15-19/h2-7,12-16H,8-11H2,1H3,(H,27,28)/b25-14+. The van der Waals surface area contributed by atoms with Crippen molar-refractivity contribution in [1.29, 1.82) is 0 Å². The summed E-state index contributed by atoms with van der Waals surface area (Å²) in [6, 6.07) is 14.2. The van der Waals surface area contributed by atoms with Gasteiger partial charge in [-0.15, -0.1) is 5.10 Å². The molecular formula is C23H23N7O. The van der Waals surface area contributed by atoms with Gasteiger partial charge in [-0.3, -0.25) is 4.98 Å². The third kappa shape index (κ3) is 4.24. The van der Waals surface area contributed by atoms with Crippen LogP contribution in [0.2, 0.25) is 0 Å². The van der Waals surface area contributed by atoms with Crippen molar-refractivity contribution in [2.24, 2.45) is 5.10 Å². The molecule has 1 aliphatic rings. The first-order valence-electron chi connectivity index (χ1n) is 10.3. The van der Waals surface area contributed by atoms with Gasteiger partial charge in [0.15, 0.2) is 5.82 Å². The van der Waals surface area contributed by atoms with E-state index in [1.54, 1.807) is 12.4 Å². The van der Waals surface area contributed by atoms with Crippen LogP contribution in [0, 0.1) is 6.92 Å². The number of rotatable bonds is 5. The number of hydrogen-bond acceptors (Lipinski definition) is 7. The van der Waals surface area contributed by atoms with Crippen LogP contribution in [0.5, 0.6) is 0 Å². The van der Waals surface area contributed by atoms with Crippen LogP contribution < -0.4 is 10.3 Å². The fourth-order valence-corrected chi connectivity index (χ4v) is 3.65. The quantitative estimate of drug-likeness (QED) is 0.399. The van der Waals surface area contributed by atoms with E-state index < -0.39 is 0 Å². The van der Waals surface area contributed by atoms with Crippen LogP contribution in [-0.2, 0) is 4.74 Å². The van der Waals surface area contributed by atoms with E-state index >= 15 is 0 Å². The SMILES string of the molecule is Cc1cccc(/C=N/Nc2nc(N3CCOCC3)c3cc(-c4cccnc4)cn3n2)c1. The van der Waals surface area contributed by atoms with Gasteiger partial charge in [0.2, 0.25) is 0 Å². The summed E-state index contributed by atoms with van der Waals surface area (Å²) in [6.45, 7) is 4.99. The second-order valence-electron chi connectivity index (χ2n) is 7.44. The van der Waals surface area contributed by atoms with E-state index in [0.717, 1.165) is 41.1 Å². The molecule has 31 heavy (non-hydrogen) atoms. The van der Waals surface area contributed by atoms with E-state index in [1.165, 1.54) is 5.56 Å². The lowest BCUT2D eigenvalue weighted by molar-refractivity contribution is 0.122. The van der Waals surface area contributed by atoms with Gasteiger partial charge in [0.25, 0.3) is 5.95 Å². The minimum atomic E-state index is 0.436. The summed E-state index contributed by atoms with van der Waals surface area (Å²) in [4.78, 5) is 11.2. The molecule has 8 heteroatoms. The summed E-state index contributed by atoms with van der Waals surface area (Å²) in [6.07, 6.45) is 7.38. The van der Waals surface area contributed by atoms with E-state index in [1.807, 2.05) is 41.2 Å². The highest BCUT2D eigenvalue weighted by Crippen LogP contribution is 2.28. The number of fused-ring (bicyclic) bond motifs is 1. The molecule has 1 aliphatic heterocycles. The minimum Gasteiger partial charge on any atom is -0.378 e. The molecular weight excluding hydrogens is 390 g/mol. The van der Waals surface area contributed by atoms with Crippen LogP contribution in [-0.4, -0.2) is 52.1 Å². The Bertz CT molecular complexity index is 1210. The highest BCUT2D eigenvalue weighted by molar-refractivity contribution is 5.81. The summed E-state index contributed by atoms with van der Waals surface area (Å²) in [5, 5.41) is 8.97. The first-order chi connectivity index (χ1) is 15.3. The highest BCUT2D eigenvalue weighted by atomic mass is 16.5. The van der Waals surface area contributed by atoms with Crippen LogP contribution in [0.3, 0.4) is 0 Å². The monoisotopic (exact) mass is 413 g/mol. The Balaban J connectivity index is 1.50. The zero-order chi connectivity index (χ0) is 21.0. The molecule has 0 radical (unpaired) electrons. The van der Waals surface area contributed by atoms with Crippen molar-refractivity contribution in [3.63, 3.8) is 0 Å². The number of benzene rings is 1. The molecule has 156 valence electrons. The molecule has 0 amide bonds. The van der Waals surface area contributed by atoms with Crippen molar-refractivity contribution in [3.8, 4) is 11.1 Å². The van der Waals surface area contributed by atoms with E-state index in [-0.39, 0.29) is 0 Å². The molecule has 1 N–H and O–H groups in total. The van der Waals surface area contributed by atoms with Gasteiger partial charge in [0.05, 0.1) is 19.4 Å². The Hall–Kier alpha value is -3.78. The topological polar surface area (TPSA) is 79.9 Å². The number of nitrogens with one attached hydrogen (secondary N) is 1. The number of morpholine rings is 1. The number of aromatic nitrogens is 4. The Morgan fingerprint density at radius 1 is 1.10 bits per heavy atom. The smallest absolute Gasteiger partial charge is 0.263 e. The fraction of sp³-hybridized carbons (Fsp3) is 0.217. The van der Waals surface area contributed by atoms with Gasteiger partial charge in [0.1, 0.15) is 5.52 Å². The Kier molecular flexibility index (Phi) is 5.28. The number of hydrazone groups is 1. The lowest BCUT2D eigenvalue weighted by Gasteiger charge is -2.28. The number of ether oxygens (including phenoxy) is 1. The summed E-state index contributed by atoms with van der Waals surface area (Å²) in [5.41, 5.74) is 8.20. The maximum absolute atomic E-state index is 5.52. The molecule has 0 aliphatic carbocycles. The largest absolute Gasteiger partial charge is 0.378 e. The zero-order valence-corrected chi connectivity index (χ0v) is 17.3. The number of hydrogen-bond donors (Lipinski definition) is 1. The molecule has 3 aromatic heterocycles. The van der Waals surface area contributed by atoms with Gasteiger partial charge < -0.3 is 9.64 Å². The molecule has 0 bridgehead atoms. The lowest BCUT2D eigenvalue weighted by atomic mass is 10.1.